The molecule has 1 heterocycles. The van der Waals surface area contributed by atoms with Crippen LogP contribution >= 0.6 is 0 Å². The van der Waals surface area contributed by atoms with E-state index < -0.39 is 0 Å². The van der Waals surface area contributed by atoms with Crippen LogP contribution in [0.5, 0.6) is 0 Å². The fourth-order valence-electron chi connectivity index (χ4n) is 2.18. The predicted molar refractivity (Wildman–Crippen MR) is 73.6 cm³/mol. The minimum Gasteiger partial charge on any atom is -0.338 e. The van der Waals surface area contributed by atoms with Crippen LogP contribution in [0, 0.1) is 11.7 Å². The first-order valence-electron chi connectivity index (χ1n) is 6.67. The first-order chi connectivity index (χ1) is 9.13. The van der Waals surface area contributed by atoms with Crippen LogP contribution in [0.1, 0.15) is 19.8 Å². The summed E-state index contributed by atoms with van der Waals surface area (Å²) < 4.78 is 12.7. The van der Waals surface area contributed by atoms with E-state index >= 15 is 0 Å². The summed E-state index contributed by atoms with van der Waals surface area (Å²) in [6.07, 6.45) is 2.27. The molecule has 5 heteroatoms. The normalized spacial score (nSPS) is 22.8. The molecule has 2 amide bonds. The average Bonchev–Trinajstić information content (AvgIpc) is 2.41. The lowest BCUT2D eigenvalue weighted by atomic mass is 9.95. The minimum atomic E-state index is -0.312. The second-order valence-corrected chi connectivity index (χ2v) is 5.09. The maximum atomic E-state index is 12.7. The van der Waals surface area contributed by atoms with Crippen molar-refractivity contribution >= 4 is 11.7 Å². The molecule has 1 aromatic carbocycles. The molecule has 3 N–H and O–H groups in total. The Morgan fingerprint density at radius 2 is 2.11 bits per heavy atom. The molecule has 2 atom stereocenters. The Kier molecular flexibility index (Phi) is 4.74. The zero-order chi connectivity index (χ0) is 13.7. The number of rotatable bonds is 3. The Morgan fingerprint density at radius 1 is 1.37 bits per heavy atom. The van der Waals surface area contributed by atoms with Crippen LogP contribution in [0.2, 0.25) is 0 Å². The molecule has 4 nitrogen and oxygen atoms in total. The lowest BCUT2D eigenvalue weighted by Gasteiger charge is -2.27. The molecule has 0 saturated carbocycles. The Balaban J connectivity index is 1.71. The maximum Gasteiger partial charge on any atom is 0.319 e. The number of piperidine rings is 1. The zero-order valence-corrected chi connectivity index (χ0v) is 11.1. The average molecular weight is 265 g/mol. The van der Waals surface area contributed by atoms with Gasteiger partial charge in [-0.2, -0.15) is 0 Å². The number of carbonyl (C=O) groups excluding carboxylic acids is 1. The van der Waals surface area contributed by atoms with Crippen molar-refractivity contribution in [2.45, 2.75) is 25.8 Å². The second kappa shape index (κ2) is 6.52. The van der Waals surface area contributed by atoms with E-state index in [4.69, 9.17) is 0 Å². The molecule has 19 heavy (non-hydrogen) atoms. The Labute approximate surface area is 112 Å². The number of anilines is 1. The van der Waals surface area contributed by atoms with Gasteiger partial charge < -0.3 is 16.0 Å². The van der Waals surface area contributed by atoms with Crippen LogP contribution in [0.15, 0.2) is 24.3 Å². The molecule has 2 unspecified atom stereocenters. The summed E-state index contributed by atoms with van der Waals surface area (Å²) in [5, 5.41) is 8.93. The standard InChI is InChI=1S/C14H20FN3O/c1-10-2-3-11(8-16-10)9-17-14(19)18-13-6-4-12(15)5-7-13/h4-7,10-11,16H,2-3,8-9H2,1H3,(H2,17,18,19). The van der Waals surface area contributed by atoms with Crippen molar-refractivity contribution in [3.05, 3.63) is 30.1 Å². The van der Waals surface area contributed by atoms with E-state index in [1.54, 1.807) is 12.1 Å². The summed E-state index contributed by atoms with van der Waals surface area (Å²) in [5.74, 6) is 0.170. The minimum absolute atomic E-state index is 0.245. The number of hydrogen-bond donors (Lipinski definition) is 3. The van der Waals surface area contributed by atoms with Crippen LogP contribution in [0.25, 0.3) is 0 Å². The summed E-state index contributed by atoms with van der Waals surface area (Å²) in [6.45, 7) is 3.77. The van der Waals surface area contributed by atoms with Crippen LogP contribution in [-0.4, -0.2) is 25.2 Å². The van der Waals surface area contributed by atoms with Crippen molar-refractivity contribution < 1.29 is 9.18 Å². The molecular weight excluding hydrogens is 245 g/mol. The van der Waals surface area contributed by atoms with Gasteiger partial charge in [-0.05, 0) is 56.5 Å². The molecule has 1 aliphatic heterocycles. The van der Waals surface area contributed by atoms with Crippen molar-refractivity contribution in [1.29, 1.82) is 0 Å². The van der Waals surface area contributed by atoms with Crippen LogP contribution < -0.4 is 16.0 Å². The van der Waals surface area contributed by atoms with Gasteiger partial charge in [-0.3, -0.25) is 0 Å². The fraction of sp³-hybridized carbons (Fsp3) is 0.500. The summed E-state index contributed by atoms with van der Waals surface area (Å²) >= 11 is 0. The Morgan fingerprint density at radius 3 is 2.74 bits per heavy atom. The highest BCUT2D eigenvalue weighted by molar-refractivity contribution is 5.89. The topological polar surface area (TPSA) is 53.2 Å². The highest BCUT2D eigenvalue weighted by Crippen LogP contribution is 2.13. The van der Waals surface area contributed by atoms with E-state index in [9.17, 15) is 9.18 Å². The van der Waals surface area contributed by atoms with E-state index in [-0.39, 0.29) is 11.8 Å². The number of nitrogens with one attached hydrogen (secondary N) is 3. The molecule has 0 bridgehead atoms. The number of urea groups is 1. The second-order valence-electron chi connectivity index (χ2n) is 5.09. The van der Waals surface area contributed by atoms with Gasteiger partial charge in [0.25, 0.3) is 0 Å². The van der Waals surface area contributed by atoms with E-state index in [0.717, 1.165) is 19.4 Å². The van der Waals surface area contributed by atoms with Crippen molar-refractivity contribution in [3.63, 3.8) is 0 Å². The highest BCUT2D eigenvalue weighted by atomic mass is 19.1. The van der Waals surface area contributed by atoms with E-state index in [2.05, 4.69) is 22.9 Å². The van der Waals surface area contributed by atoms with Gasteiger partial charge in [-0.25, -0.2) is 9.18 Å². The van der Waals surface area contributed by atoms with Gasteiger partial charge in [0.05, 0.1) is 0 Å². The van der Waals surface area contributed by atoms with Gasteiger partial charge >= 0.3 is 6.03 Å². The number of halogens is 1. The van der Waals surface area contributed by atoms with Gasteiger partial charge in [0, 0.05) is 18.3 Å². The van der Waals surface area contributed by atoms with E-state index in [1.165, 1.54) is 12.1 Å². The lowest BCUT2D eigenvalue weighted by molar-refractivity contribution is 0.246. The first-order valence-corrected chi connectivity index (χ1v) is 6.67. The van der Waals surface area contributed by atoms with Crippen molar-refractivity contribution in [1.82, 2.24) is 10.6 Å². The molecule has 2 rings (SSSR count). The largest absolute Gasteiger partial charge is 0.338 e. The summed E-state index contributed by atoms with van der Waals surface area (Å²) in [6, 6.07) is 6.05. The third-order valence-electron chi connectivity index (χ3n) is 3.42. The van der Waals surface area contributed by atoms with E-state index in [0.29, 0.717) is 24.2 Å². The quantitative estimate of drug-likeness (QED) is 0.785. The third kappa shape index (κ3) is 4.52. The number of amides is 2. The summed E-state index contributed by atoms with van der Waals surface area (Å²) in [7, 11) is 0. The number of carbonyl (C=O) groups is 1. The molecule has 0 spiro atoms. The fourth-order valence-corrected chi connectivity index (χ4v) is 2.18. The van der Waals surface area contributed by atoms with Crippen molar-refractivity contribution in [2.75, 3.05) is 18.4 Å². The highest BCUT2D eigenvalue weighted by Gasteiger charge is 2.17. The predicted octanol–water partition coefficient (Wildman–Crippen LogP) is 2.34. The lowest BCUT2D eigenvalue weighted by Crippen LogP contribution is -2.42. The van der Waals surface area contributed by atoms with Crippen molar-refractivity contribution in [3.8, 4) is 0 Å². The van der Waals surface area contributed by atoms with Crippen LogP contribution in [-0.2, 0) is 0 Å². The smallest absolute Gasteiger partial charge is 0.319 e. The van der Waals surface area contributed by atoms with Gasteiger partial charge in [0.2, 0.25) is 0 Å². The molecule has 0 aromatic heterocycles. The SMILES string of the molecule is CC1CCC(CNC(=O)Nc2ccc(F)cc2)CN1. The Bertz CT molecular complexity index is 413. The van der Waals surface area contributed by atoms with Crippen LogP contribution in [0.3, 0.4) is 0 Å². The van der Waals surface area contributed by atoms with Crippen molar-refractivity contribution in [2.24, 2.45) is 5.92 Å². The molecule has 1 aromatic rings. The number of hydrogen-bond acceptors (Lipinski definition) is 2. The van der Waals surface area contributed by atoms with Gasteiger partial charge in [0.1, 0.15) is 5.82 Å². The van der Waals surface area contributed by atoms with Gasteiger partial charge in [-0.15, -0.1) is 0 Å². The summed E-state index contributed by atoms with van der Waals surface area (Å²) in [4.78, 5) is 11.7. The molecule has 1 aliphatic rings. The molecule has 104 valence electrons. The third-order valence-corrected chi connectivity index (χ3v) is 3.42. The molecule has 0 aliphatic carbocycles. The monoisotopic (exact) mass is 265 g/mol. The first kappa shape index (κ1) is 13.8. The zero-order valence-electron chi connectivity index (χ0n) is 11.1. The molecule has 1 fully saturated rings. The molecule has 0 radical (unpaired) electrons. The van der Waals surface area contributed by atoms with Crippen LogP contribution in [0.4, 0.5) is 14.9 Å². The number of benzene rings is 1. The Hall–Kier alpha value is -1.62. The van der Waals surface area contributed by atoms with Gasteiger partial charge in [0.15, 0.2) is 0 Å². The summed E-state index contributed by atoms with van der Waals surface area (Å²) in [5.41, 5.74) is 0.592. The van der Waals surface area contributed by atoms with E-state index in [1.807, 2.05) is 0 Å². The maximum absolute atomic E-state index is 12.7. The molecular formula is C14H20FN3O. The molecule has 1 saturated heterocycles. The van der Waals surface area contributed by atoms with Gasteiger partial charge in [-0.1, -0.05) is 0 Å².